The van der Waals surface area contributed by atoms with Crippen LogP contribution in [-0.4, -0.2) is 0 Å². The number of fused-ring (bicyclic) bond motifs is 10. The minimum atomic E-state index is -0.329. The zero-order valence-electron chi connectivity index (χ0n) is 21.8. The van der Waals surface area contributed by atoms with E-state index in [1.807, 2.05) is 0 Å². The fourth-order valence-corrected chi connectivity index (χ4v) is 6.95. The molecule has 4 aromatic rings. The number of hydrogen-bond acceptors (Lipinski definition) is 0. The van der Waals surface area contributed by atoms with Crippen LogP contribution in [0.5, 0.6) is 0 Å². The first kappa shape index (κ1) is 22.8. The average molecular weight is 522 g/mol. The Morgan fingerprint density at radius 1 is 0.571 bits per heavy atom. The third kappa shape index (κ3) is 3.04. The van der Waals surface area contributed by atoms with Gasteiger partial charge in [-0.15, -0.1) is 0 Å². The molecule has 0 nitrogen and oxygen atoms in total. The third-order valence-electron chi connectivity index (χ3n) is 8.13. The summed E-state index contributed by atoms with van der Waals surface area (Å²) < 4.78 is 1.19. The van der Waals surface area contributed by atoms with Gasteiger partial charge in [-0.25, -0.2) is 0 Å². The van der Waals surface area contributed by atoms with E-state index < -0.39 is 0 Å². The molecule has 0 fully saturated rings. The number of rotatable bonds is 0. The van der Waals surface area contributed by atoms with E-state index in [1.165, 1.54) is 65.7 Å². The van der Waals surface area contributed by atoms with Gasteiger partial charge in [0.2, 0.25) is 0 Å². The van der Waals surface area contributed by atoms with Crippen LogP contribution in [0, 0.1) is 6.92 Å². The molecule has 0 bridgehead atoms. The maximum Gasteiger partial charge on any atom is 0.0736 e. The van der Waals surface area contributed by atoms with Gasteiger partial charge in [0, 0.05) is 4.47 Å². The molecule has 0 atom stereocenters. The van der Waals surface area contributed by atoms with Gasteiger partial charge >= 0.3 is 0 Å². The van der Waals surface area contributed by atoms with E-state index >= 15 is 0 Å². The Hall–Kier alpha value is -2.64. The van der Waals surface area contributed by atoms with Crippen LogP contribution in [0.4, 0.5) is 0 Å². The van der Waals surface area contributed by atoms with E-state index in [9.17, 15) is 0 Å². The lowest BCUT2D eigenvalue weighted by Gasteiger charge is -2.33. The minimum Gasteiger partial charge on any atom is -0.0605 e. The highest BCUT2D eigenvalue weighted by Crippen LogP contribution is 2.64. The first-order valence-electron chi connectivity index (χ1n) is 12.6. The Morgan fingerprint density at radius 3 is 1.60 bits per heavy atom. The molecule has 35 heavy (non-hydrogen) atoms. The highest BCUT2D eigenvalue weighted by Gasteiger charge is 2.53. The van der Waals surface area contributed by atoms with Crippen LogP contribution in [0.1, 0.15) is 80.5 Å². The molecule has 4 aromatic carbocycles. The van der Waals surface area contributed by atoms with Crippen molar-refractivity contribution in [3.63, 3.8) is 0 Å². The summed E-state index contributed by atoms with van der Waals surface area (Å²) in [5.74, 6) is 0. The lowest BCUT2D eigenvalue weighted by atomic mass is 9.68. The van der Waals surface area contributed by atoms with Gasteiger partial charge in [-0.3, -0.25) is 0 Å². The number of aryl methyl sites for hydroxylation is 1. The summed E-state index contributed by atoms with van der Waals surface area (Å²) in [5, 5.41) is 0. The van der Waals surface area contributed by atoms with Crippen molar-refractivity contribution < 1.29 is 0 Å². The molecule has 2 aliphatic rings. The molecule has 1 spiro atoms. The standard InChI is InChI=1S/C34H33Br/c1-20-11-14-25-26-9-8-10-30(35)31(26)34(27(25)17-20)28-18-21(32(2,3)4)12-15-23(28)24-16-13-22(19-29(24)34)33(5,6)7/h8-19H,1-7H3. The lowest BCUT2D eigenvalue weighted by molar-refractivity contribution is 0.586. The van der Waals surface area contributed by atoms with E-state index in [0.717, 1.165) is 0 Å². The van der Waals surface area contributed by atoms with Crippen molar-refractivity contribution in [2.75, 3.05) is 0 Å². The molecule has 0 aliphatic heterocycles. The minimum absolute atomic E-state index is 0.0757. The van der Waals surface area contributed by atoms with Crippen molar-refractivity contribution in [3.05, 3.63) is 116 Å². The molecule has 0 amide bonds. The summed E-state index contributed by atoms with van der Waals surface area (Å²) in [6.45, 7) is 16.1. The second-order valence-electron chi connectivity index (χ2n) is 12.5. The first-order chi connectivity index (χ1) is 16.4. The maximum absolute atomic E-state index is 4.03. The molecule has 0 saturated heterocycles. The predicted octanol–water partition coefficient (Wildman–Crippen LogP) is 9.70. The summed E-state index contributed by atoms with van der Waals surface area (Å²) >= 11 is 4.03. The molecule has 0 unspecified atom stereocenters. The largest absolute Gasteiger partial charge is 0.0736 e. The monoisotopic (exact) mass is 520 g/mol. The van der Waals surface area contributed by atoms with Gasteiger partial charge < -0.3 is 0 Å². The maximum atomic E-state index is 4.03. The van der Waals surface area contributed by atoms with Crippen molar-refractivity contribution >= 4 is 15.9 Å². The van der Waals surface area contributed by atoms with Crippen LogP contribution in [0.25, 0.3) is 22.3 Å². The third-order valence-corrected chi connectivity index (χ3v) is 8.79. The number of halogens is 1. The van der Waals surface area contributed by atoms with Crippen LogP contribution in [0.15, 0.2) is 77.3 Å². The van der Waals surface area contributed by atoms with E-state index in [0.29, 0.717) is 0 Å². The van der Waals surface area contributed by atoms with Gasteiger partial charge in [0.05, 0.1) is 5.41 Å². The van der Waals surface area contributed by atoms with E-state index in [-0.39, 0.29) is 16.2 Å². The molecule has 6 rings (SSSR count). The molecule has 176 valence electrons. The van der Waals surface area contributed by atoms with Gasteiger partial charge in [-0.05, 0) is 79.5 Å². The van der Waals surface area contributed by atoms with Gasteiger partial charge in [-0.1, -0.05) is 130 Å². The summed E-state index contributed by atoms with van der Waals surface area (Å²) in [6.07, 6.45) is 0. The van der Waals surface area contributed by atoms with Gasteiger partial charge in [0.25, 0.3) is 0 Å². The molecule has 2 aliphatic carbocycles. The summed E-state index contributed by atoms with van der Waals surface area (Å²) in [4.78, 5) is 0. The van der Waals surface area contributed by atoms with Crippen LogP contribution in [0.2, 0.25) is 0 Å². The van der Waals surface area contributed by atoms with E-state index in [4.69, 9.17) is 0 Å². The zero-order valence-corrected chi connectivity index (χ0v) is 23.4. The highest BCUT2D eigenvalue weighted by atomic mass is 79.9. The molecule has 0 radical (unpaired) electrons. The van der Waals surface area contributed by atoms with Crippen LogP contribution in [-0.2, 0) is 16.2 Å². The summed E-state index contributed by atoms with van der Waals surface area (Å²) in [5.41, 5.74) is 15.0. The van der Waals surface area contributed by atoms with Gasteiger partial charge in [-0.2, -0.15) is 0 Å². The van der Waals surface area contributed by atoms with Gasteiger partial charge in [0.15, 0.2) is 0 Å². The van der Waals surface area contributed by atoms with Crippen LogP contribution in [0.3, 0.4) is 0 Å². The Morgan fingerprint density at radius 2 is 1.06 bits per heavy atom. The Balaban J connectivity index is 1.84. The average Bonchev–Trinajstić information content (AvgIpc) is 3.24. The fourth-order valence-electron chi connectivity index (χ4n) is 6.28. The number of benzene rings is 4. The SMILES string of the molecule is Cc1ccc2c(c1)C1(c3cc(C(C)(C)C)ccc3-c3ccc(C(C)(C)C)cc31)c1c(Br)cccc1-2. The lowest BCUT2D eigenvalue weighted by Crippen LogP contribution is -2.28. The van der Waals surface area contributed by atoms with Crippen LogP contribution >= 0.6 is 15.9 Å². The fraction of sp³-hybridized carbons (Fsp3) is 0.294. The van der Waals surface area contributed by atoms with Crippen molar-refractivity contribution in [3.8, 4) is 22.3 Å². The molecule has 1 heteroatoms. The van der Waals surface area contributed by atoms with Crippen molar-refractivity contribution in [1.82, 2.24) is 0 Å². The van der Waals surface area contributed by atoms with Gasteiger partial charge in [0.1, 0.15) is 0 Å². The second-order valence-corrected chi connectivity index (χ2v) is 13.3. The highest BCUT2D eigenvalue weighted by molar-refractivity contribution is 9.10. The molecular formula is C34H33Br. The first-order valence-corrected chi connectivity index (χ1v) is 13.4. The van der Waals surface area contributed by atoms with Crippen LogP contribution < -0.4 is 0 Å². The zero-order chi connectivity index (χ0) is 24.9. The predicted molar refractivity (Wildman–Crippen MR) is 153 cm³/mol. The topological polar surface area (TPSA) is 0 Å². The molecule has 0 heterocycles. The smallest absolute Gasteiger partial charge is 0.0605 e. The van der Waals surface area contributed by atoms with E-state index in [2.05, 4.69) is 137 Å². The second kappa shape index (κ2) is 7.20. The Kier molecular flexibility index (Phi) is 4.69. The molecular weight excluding hydrogens is 488 g/mol. The summed E-state index contributed by atoms with van der Waals surface area (Å²) in [6, 6.07) is 28.2. The van der Waals surface area contributed by atoms with Crippen molar-refractivity contribution in [2.24, 2.45) is 0 Å². The molecule has 0 aromatic heterocycles. The van der Waals surface area contributed by atoms with Crippen molar-refractivity contribution in [2.45, 2.75) is 64.7 Å². The number of hydrogen-bond donors (Lipinski definition) is 0. The quantitative estimate of drug-likeness (QED) is 0.187. The molecule has 0 N–H and O–H groups in total. The summed E-state index contributed by atoms with van der Waals surface area (Å²) in [7, 11) is 0. The van der Waals surface area contributed by atoms with Crippen molar-refractivity contribution in [1.29, 1.82) is 0 Å². The Labute approximate surface area is 218 Å². The Bertz CT molecular complexity index is 1460. The van der Waals surface area contributed by atoms with E-state index in [1.54, 1.807) is 0 Å². The normalized spacial score (nSPS) is 15.1. The molecule has 0 saturated carbocycles.